The van der Waals surface area contributed by atoms with E-state index in [2.05, 4.69) is 111 Å². The summed E-state index contributed by atoms with van der Waals surface area (Å²) < 4.78 is 1.63. The number of rotatable bonds is 7. The van der Waals surface area contributed by atoms with Gasteiger partial charge in [-0.1, -0.05) is 125 Å². The zero-order chi connectivity index (χ0) is 24.6. The second kappa shape index (κ2) is 9.37. The van der Waals surface area contributed by atoms with Crippen molar-refractivity contribution in [3.63, 3.8) is 0 Å². The predicted octanol–water partition coefficient (Wildman–Crippen LogP) is 6.49. The molecule has 0 spiro atoms. The van der Waals surface area contributed by atoms with Gasteiger partial charge in [0.2, 0.25) is 5.91 Å². The molecule has 4 rings (SSSR count). The Balaban J connectivity index is 1.93. The molecule has 5 heteroatoms. The molecule has 0 aromatic heterocycles. The fraction of sp³-hybridized carbons (Fsp3) is 0.345. The Morgan fingerprint density at radius 3 is 1.50 bits per heavy atom. The van der Waals surface area contributed by atoms with E-state index in [1.807, 2.05) is 18.2 Å². The summed E-state index contributed by atoms with van der Waals surface area (Å²) in [4.78, 5) is 13.4. The van der Waals surface area contributed by atoms with Gasteiger partial charge in [0.05, 0.1) is 22.6 Å². The van der Waals surface area contributed by atoms with Gasteiger partial charge in [0.15, 0.2) is 8.24 Å². The SMILES string of the molecule is CC(C)(C)[Si](C)(C)N1C(=O)[C@H](CO)[C@H]1SC(c1ccccc1)(c1ccccc1)c1ccccc1. The van der Waals surface area contributed by atoms with E-state index in [1.165, 1.54) is 16.7 Å². The first-order valence-electron chi connectivity index (χ1n) is 11.9. The zero-order valence-electron chi connectivity index (χ0n) is 20.7. The lowest BCUT2D eigenvalue weighted by atomic mass is 9.84. The quantitative estimate of drug-likeness (QED) is 0.234. The van der Waals surface area contributed by atoms with Gasteiger partial charge < -0.3 is 9.67 Å². The Labute approximate surface area is 209 Å². The number of nitrogens with zero attached hydrogens (tertiary/aromatic N) is 1. The van der Waals surface area contributed by atoms with E-state index in [9.17, 15) is 9.90 Å². The maximum atomic E-state index is 13.4. The van der Waals surface area contributed by atoms with E-state index in [0.717, 1.165) is 0 Å². The largest absolute Gasteiger partial charge is 0.395 e. The smallest absolute Gasteiger partial charge is 0.223 e. The Morgan fingerprint density at radius 1 is 0.794 bits per heavy atom. The third-order valence-electron chi connectivity index (χ3n) is 7.63. The first-order chi connectivity index (χ1) is 16.1. The van der Waals surface area contributed by atoms with Crippen LogP contribution in [0.1, 0.15) is 37.5 Å². The highest BCUT2D eigenvalue weighted by atomic mass is 32.2. The van der Waals surface area contributed by atoms with Crippen LogP contribution in [-0.4, -0.2) is 35.8 Å². The maximum absolute atomic E-state index is 13.4. The Hall–Kier alpha value is -2.34. The van der Waals surface area contributed by atoms with Crippen molar-refractivity contribution in [1.29, 1.82) is 0 Å². The molecule has 0 radical (unpaired) electrons. The average Bonchev–Trinajstić information content (AvgIpc) is 2.83. The molecule has 2 atom stereocenters. The van der Waals surface area contributed by atoms with Gasteiger partial charge in [-0.15, -0.1) is 11.8 Å². The number of hydrogen-bond acceptors (Lipinski definition) is 3. The summed E-state index contributed by atoms with van der Waals surface area (Å²) in [6.07, 6.45) is 0. The number of hydrogen-bond donors (Lipinski definition) is 1. The van der Waals surface area contributed by atoms with E-state index in [0.29, 0.717) is 0 Å². The normalized spacial score (nSPS) is 19.1. The molecule has 0 saturated carbocycles. The number of aliphatic hydroxyl groups excluding tert-OH is 1. The van der Waals surface area contributed by atoms with Crippen LogP contribution in [0.3, 0.4) is 0 Å². The predicted molar refractivity (Wildman–Crippen MR) is 145 cm³/mol. The molecule has 1 aliphatic rings. The molecular formula is C29H35NO2SSi. The van der Waals surface area contributed by atoms with Gasteiger partial charge in [-0.3, -0.25) is 4.79 Å². The second-order valence-electron chi connectivity index (χ2n) is 10.6. The molecule has 1 N–H and O–H groups in total. The zero-order valence-corrected chi connectivity index (χ0v) is 22.5. The summed E-state index contributed by atoms with van der Waals surface area (Å²) in [7, 11) is -2.16. The number of aliphatic hydroxyl groups is 1. The van der Waals surface area contributed by atoms with Crippen LogP contribution in [0.15, 0.2) is 91.0 Å². The molecule has 3 aromatic carbocycles. The van der Waals surface area contributed by atoms with Crippen molar-refractivity contribution in [2.45, 2.75) is 49.0 Å². The minimum atomic E-state index is -2.16. The highest BCUT2D eigenvalue weighted by Gasteiger charge is 2.59. The van der Waals surface area contributed by atoms with Gasteiger partial charge in [0, 0.05) is 0 Å². The van der Waals surface area contributed by atoms with Gasteiger partial charge >= 0.3 is 0 Å². The monoisotopic (exact) mass is 489 g/mol. The van der Waals surface area contributed by atoms with Crippen LogP contribution in [-0.2, 0) is 9.54 Å². The molecule has 1 saturated heterocycles. The third-order valence-corrected chi connectivity index (χ3v) is 15.0. The van der Waals surface area contributed by atoms with Crippen LogP contribution >= 0.6 is 11.8 Å². The summed E-state index contributed by atoms with van der Waals surface area (Å²) in [6, 6.07) is 31.7. The van der Waals surface area contributed by atoms with Crippen LogP contribution in [0.2, 0.25) is 18.1 Å². The van der Waals surface area contributed by atoms with E-state index in [-0.39, 0.29) is 22.9 Å². The van der Waals surface area contributed by atoms with Gasteiger partial charge in [-0.05, 0) is 21.7 Å². The first kappa shape index (κ1) is 24.8. The molecule has 1 amide bonds. The van der Waals surface area contributed by atoms with Crippen molar-refractivity contribution in [2.24, 2.45) is 5.92 Å². The summed E-state index contributed by atoms with van der Waals surface area (Å²) in [5.74, 6) is -0.302. The molecular weight excluding hydrogens is 454 g/mol. The third kappa shape index (κ3) is 4.04. The molecule has 0 aliphatic carbocycles. The van der Waals surface area contributed by atoms with E-state index < -0.39 is 18.9 Å². The molecule has 178 valence electrons. The maximum Gasteiger partial charge on any atom is 0.223 e. The summed E-state index contributed by atoms with van der Waals surface area (Å²) in [5.41, 5.74) is 3.51. The van der Waals surface area contributed by atoms with Crippen molar-refractivity contribution < 1.29 is 9.90 Å². The van der Waals surface area contributed by atoms with Gasteiger partial charge in [-0.25, -0.2) is 0 Å². The number of carbonyl (C=O) groups is 1. The minimum absolute atomic E-state index is 0.0107. The molecule has 34 heavy (non-hydrogen) atoms. The Kier molecular flexibility index (Phi) is 6.82. The molecule has 0 unspecified atom stereocenters. The number of carbonyl (C=O) groups excluding carboxylic acids is 1. The molecule has 1 aliphatic heterocycles. The number of benzene rings is 3. The molecule has 1 fully saturated rings. The summed E-state index contributed by atoms with van der Waals surface area (Å²) in [5, 5.41) is 10.2. The summed E-state index contributed by atoms with van der Waals surface area (Å²) in [6.45, 7) is 11.1. The highest BCUT2D eigenvalue weighted by molar-refractivity contribution is 8.01. The number of thioether (sulfide) groups is 1. The lowest BCUT2D eigenvalue weighted by molar-refractivity contribution is -0.145. The van der Waals surface area contributed by atoms with Crippen molar-refractivity contribution >= 4 is 25.9 Å². The molecule has 0 bridgehead atoms. The fourth-order valence-corrected chi connectivity index (χ4v) is 9.64. The van der Waals surface area contributed by atoms with Gasteiger partial charge in [-0.2, -0.15) is 0 Å². The van der Waals surface area contributed by atoms with Crippen molar-refractivity contribution in [3.8, 4) is 0 Å². The van der Waals surface area contributed by atoms with E-state index in [4.69, 9.17) is 0 Å². The van der Waals surface area contributed by atoms with Crippen molar-refractivity contribution in [1.82, 2.24) is 4.57 Å². The standard InChI is InChI=1S/C29H35NO2SSi/c1-28(2,3)34(4,5)30-26(32)25(21-31)27(30)33-29(22-15-9-6-10-16-22,23-17-11-7-12-18-23)24-19-13-8-14-20-24/h6-20,25,27,31H,21H2,1-5H3/t25-,27+/m0/s1. The molecule has 1 heterocycles. The van der Waals surface area contributed by atoms with Crippen LogP contribution in [0.4, 0.5) is 0 Å². The molecule has 3 aromatic rings. The van der Waals surface area contributed by atoms with E-state index in [1.54, 1.807) is 11.8 Å². The van der Waals surface area contributed by atoms with Crippen molar-refractivity contribution in [3.05, 3.63) is 108 Å². The van der Waals surface area contributed by atoms with Crippen LogP contribution in [0.5, 0.6) is 0 Å². The van der Waals surface area contributed by atoms with Gasteiger partial charge in [0.1, 0.15) is 0 Å². The first-order valence-corrected chi connectivity index (χ1v) is 15.8. The second-order valence-corrected chi connectivity index (χ2v) is 17.0. The number of β-lactam (4-membered cyclic amide) rings is 1. The molecule has 3 nitrogen and oxygen atoms in total. The Morgan fingerprint density at radius 2 is 1.18 bits per heavy atom. The topological polar surface area (TPSA) is 40.5 Å². The number of amides is 1. The average molecular weight is 490 g/mol. The fourth-order valence-electron chi connectivity index (χ4n) is 4.69. The Bertz CT molecular complexity index is 1020. The van der Waals surface area contributed by atoms with E-state index >= 15 is 0 Å². The van der Waals surface area contributed by atoms with Gasteiger partial charge in [0.25, 0.3) is 0 Å². The lowest BCUT2D eigenvalue weighted by Crippen LogP contribution is -2.72. The highest BCUT2D eigenvalue weighted by Crippen LogP contribution is 2.56. The van der Waals surface area contributed by atoms with Crippen molar-refractivity contribution in [2.75, 3.05) is 6.61 Å². The summed E-state index contributed by atoms with van der Waals surface area (Å²) >= 11 is 1.81. The van der Waals surface area contributed by atoms with Crippen LogP contribution in [0.25, 0.3) is 0 Å². The van der Waals surface area contributed by atoms with Crippen LogP contribution < -0.4 is 0 Å². The van der Waals surface area contributed by atoms with Crippen LogP contribution in [0, 0.1) is 5.92 Å². The lowest BCUT2D eigenvalue weighted by Gasteiger charge is -2.59. The minimum Gasteiger partial charge on any atom is -0.395 e.